The van der Waals surface area contributed by atoms with Crippen LogP contribution in [0.2, 0.25) is 0 Å². The average Bonchev–Trinajstić information content (AvgIpc) is 2.39. The van der Waals surface area contributed by atoms with Crippen LogP contribution in [0.3, 0.4) is 0 Å². The SMILES string of the molecule is O=C(O)CCC1(c2ccc(F)cc2)CCCCC1=O. The summed E-state index contributed by atoms with van der Waals surface area (Å²) in [5, 5.41) is 8.86. The lowest BCUT2D eigenvalue weighted by molar-refractivity contribution is -0.138. The van der Waals surface area contributed by atoms with Gasteiger partial charge in [-0.15, -0.1) is 0 Å². The highest BCUT2D eigenvalue weighted by Gasteiger charge is 2.41. The van der Waals surface area contributed by atoms with Crippen molar-refractivity contribution in [1.82, 2.24) is 0 Å². The second kappa shape index (κ2) is 5.51. The van der Waals surface area contributed by atoms with E-state index in [1.807, 2.05) is 0 Å². The first-order valence-corrected chi connectivity index (χ1v) is 6.56. The fraction of sp³-hybridized carbons (Fsp3) is 0.467. The quantitative estimate of drug-likeness (QED) is 0.909. The van der Waals surface area contributed by atoms with Crippen LogP contribution in [0.25, 0.3) is 0 Å². The Hall–Kier alpha value is -1.71. The van der Waals surface area contributed by atoms with Crippen LogP contribution in [0, 0.1) is 5.82 Å². The molecular weight excluding hydrogens is 247 g/mol. The Morgan fingerprint density at radius 3 is 2.53 bits per heavy atom. The highest BCUT2D eigenvalue weighted by atomic mass is 19.1. The third-order valence-electron chi connectivity index (χ3n) is 3.95. The van der Waals surface area contributed by atoms with Gasteiger partial charge < -0.3 is 5.11 Å². The van der Waals surface area contributed by atoms with Gasteiger partial charge in [0, 0.05) is 12.8 Å². The number of carbonyl (C=O) groups is 2. The van der Waals surface area contributed by atoms with Gasteiger partial charge in [0.05, 0.1) is 5.41 Å². The molecule has 0 amide bonds. The average molecular weight is 264 g/mol. The number of hydrogen-bond donors (Lipinski definition) is 1. The maximum atomic E-state index is 13.0. The van der Waals surface area contributed by atoms with Gasteiger partial charge in [0.1, 0.15) is 11.6 Å². The largest absolute Gasteiger partial charge is 0.481 e. The first-order valence-electron chi connectivity index (χ1n) is 6.56. The van der Waals surface area contributed by atoms with E-state index in [1.165, 1.54) is 12.1 Å². The summed E-state index contributed by atoms with van der Waals surface area (Å²) in [4.78, 5) is 23.1. The van der Waals surface area contributed by atoms with Gasteiger partial charge in [-0.3, -0.25) is 9.59 Å². The number of Topliss-reactive ketones (excluding diaryl/α,β-unsaturated/α-hetero) is 1. The Morgan fingerprint density at radius 2 is 1.95 bits per heavy atom. The molecule has 2 rings (SSSR count). The smallest absolute Gasteiger partial charge is 0.303 e. The van der Waals surface area contributed by atoms with E-state index in [0.717, 1.165) is 18.4 Å². The van der Waals surface area contributed by atoms with Crippen LogP contribution in [0.5, 0.6) is 0 Å². The summed E-state index contributed by atoms with van der Waals surface area (Å²) in [5.41, 5.74) is 0.0181. The molecule has 0 heterocycles. The van der Waals surface area contributed by atoms with Crippen LogP contribution in [-0.4, -0.2) is 16.9 Å². The normalized spacial score (nSPS) is 23.3. The van der Waals surface area contributed by atoms with Crippen molar-refractivity contribution in [3.05, 3.63) is 35.6 Å². The minimum Gasteiger partial charge on any atom is -0.481 e. The number of hydrogen-bond acceptors (Lipinski definition) is 2. The lowest BCUT2D eigenvalue weighted by Gasteiger charge is -2.36. The Balaban J connectivity index is 2.34. The summed E-state index contributed by atoms with van der Waals surface area (Å²) in [6, 6.07) is 5.89. The zero-order chi connectivity index (χ0) is 13.9. The van der Waals surface area contributed by atoms with Crippen molar-refractivity contribution in [3.8, 4) is 0 Å². The summed E-state index contributed by atoms with van der Waals surface area (Å²) < 4.78 is 13.0. The molecule has 4 heteroatoms. The molecule has 3 nitrogen and oxygen atoms in total. The summed E-state index contributed by atoms with van der Waals surface area (Å²) in [6.45, 7) is 0. The molecule has 0 spiro atoms. The van der Waals surface area contributed by atoms with Gasteiger partial charge in [-0.25, -0.2) is 4.39 Å². The second-order valence-electron chi connectivity index (χ2n) is 5.11. The fourth-order valence-electron chi connectivity index (χ4n) is 2.89. The van der Waals surface area contributed by atoms with Gasteiger partial charge in [0.15, 0.2) is 0 Å². The molecular formula is C15H17FO3. The topological polar surface area (TPSA) is 54.4 Å². The number of rotatable bonds is 4. The van der Waals surface area contributed by atoms with E-state index >= 15 is 0 Å². The number of ketones is 1. The molecule has 0 aromatic heterocycles. The molecule has 0 radical (unpaired) electrons. The first kappa shape index (κ1) is 13.7. The molecule has 1 unspecified atom stereocenters. The Morgan fingerprint density at radius 1 is 1.26 bits per heavy atom. The standard InChI is InChI=1S/C15H17FO3/c16-12-6-4-11(5-7-12)15(10-8-14(18)19)9-2-1-3-13(15)17/h4-7H,1-3,8-10H2,(H,18,19). The summed E-state index contributed by atoms with van der Waals surface area (Å²) in [5.74, 6) is -1.16. The summed E-state index contributed by atoms with van der Waals surface area (Å²) in [6.07, 6.45) is 3.16. The molecule has 102 valence electrons. The van der Waals surface area contributed by atoms with Crippen molar-refractivity contribution in [2.45, 2.75) is 43.9 Å². The Kier molecular flexibility index (Phi) is 3.98. The molecule has 0 aliphatic heterocycles. The van der Waals surface area contributed by atoms with Crippen LogP contribution in [0.1, 0.15) is 44.1 Å². The van der Waals surface area contributed by atoms with Crippen molar-refractivity contribution in [3.63, 3.8) is 0 Å². The van der Waals surface area contributed by atoms with Crippen molar-refractivity contribution >= 4 is 11.8 Å². The lowest BCUT2D eigenvalue weighted by atomic mass is 9.66. The summed E-state index contributed by atoms with van der Waals surface area (Å²) >= 11 is 0. The molecule has 1 aliphatic carbocycles. The van der Waals surface area contributed by atoms with E-state index in [-0.39, 0.29) is 18.0 Å². The number of carboxylic acids is 1. The van der Waals surface area contributed by atoms with Gasteiger partial charge in [-0.2, -0.15) is 0 Å². The minimum absolute atomic E-state index is 0.0386. The lowest BCUT2D eigenvalue weighted by Crippen LogP contribution is -2.39. The predicted octanol–water partition coefficient (Wildman–Crippen LogP) is 3.07. The maximum Gasteiger partial charge on any atom is 0.303 e. The third-order valence-corrected chi connectivity index (χ3v) is 3.95. The van der Waals surface area contributed by atoms with Crippen molar-refractivity contribution < 1.29 is 19.1 Å². The second-order valence-corrected chi connectivity index (χ2v) is 5.11. The van der Waals surface area contributed by atoms with Crippen LogP contribution in [-0.2, 0) is 15.0 Å². The molecule has 19 heavy (non-hydrogen) atoms. The van der Waals surface area contributed by atoms with Crippen molar-refractivity contribution in [2.75, 3.05) is 0 Å². The maximum absolute atomic E-state index is 13.0. The van der Waals surface area contributed by atoms with Gasteiger partial charge >= 0.3 is 5.97 Å². The van der Waals surface area contributed by atoms with Crippen LogP contribution in [0.4, 0.5) is 4.39 Å². The van der Waals surface area contributed by atoms with E-state index in [0.29, 0.717) is 19.3 Å². The fourth-order valence-corrected chi connectivity index (χ4v) is 2.89. The molecule has 1 aliphatic rings. The molecule has 0 saturated heterocycles. The number of benzene rings is 1. The van der Waals surface area contributed by atoms with Gasteiger partial charge in [0.2, 0.25) is 0 Å². The number of aliphatic carboxylic acids is 1. The highest BCUT2D eigenvalue weighted by molar-refractivity contribution is 5.91. The highest BCUT2D eigenvalue weighted by Crippen LogP contribution is 2.40. The number of carboxylic acid groups (broad SMARTS) is 1. The Bertz CT molecular complexity index is 481. The van der Waals surface area contributed by atoms with Crippen LogP contribution >= 0.6 is 0 Å². The van der Waals surface area contributed by atoms with Crippen molar-refractivity contribution in [2.24, 2.45) is 0 Å². The molecule has 1 atom stereocenters. The van der Waals surface area contributed by atoms with Gasteiger partial charge in [-0.1, -0.05) is 18.6 Å². The molecule has 0 bridgehead atoms. The van der Waals surface area contributed by atoms with E-state index in [2.05, 4.69) is 0 Å². The zero-order valence-electron chi connectivity index (χ0n) is 10.7. The molecule has 1 aromatic carbocycles. The van der Waals surface area contributed by atoms with Crippen LogP contribution in [0.15, 0.2) is 24.3 Å². The predicted molar refractivity (Wildman–Crippen MR) is 68.4 cm³/mol. The summed E-state index contributed by atoms with van der Waals surface area (Å²) in [7, 11) is 0. The zero-order valence-corrected chi connectivity index (χ0v) is 10.7. The number of carbonyl (C=O) groups excluding carboxylic acids is 1. The first-order chi connectivity index (χ1) is 9.04. The van der Waals surface area contributed by atoms with Crippen molar-refractivity contribution in [1.29, 1.82) is 0 Å². The molecule has 1 N–H and O–H groups in total. The third kappa shape index (κ3) is 2.83. The van der Waals surface area contributed by atoms with Gasteiger partial charge in [0.25, 0.3) is 0 Å². The van der Waals surface area contributed by atoms with E-state index in [9.17, 15) is 14.0 Å². The molecule has 1 aromatic rings. The monoisotopic (exact) mass is 264 g/mol. The molecule has 1 fully saturated rings. The van der Waals surface area contributed by atoms with E-state index in [4.69, 9.17) is 5.11 Å². The number of halogens is 1. The Labute approximate surface area is 111 Å². The van der Waals surface area contributed by atoms with Crippen LogP contribution < -0.4 is 0 Å². The molecule has 1 saturated carbocycles. The van der Waals surface area contributed by atoms with E-state index in [1.54, 1.807) is 12.1 Å². The van der Waals surface area contributed by atoms with Gasteiger partial charge in [-0.05, 0) is 37.0 Å². The minimum atomic E-state index is -0.903. The van der Waals surface area contributed by atoms with E-state index < -0.39 is 11.4 Å².